The first-order chi connectivity index (χ1) is 8.68. The van der Waals surface area contributed by atoms with E-state index in [9.17, 15) is 0 Å². The zero-order valence-electron chi connectivity index (χ0n) is 9.46. The zero-order chi connectivity index (χ0) is 13.0. The lowest BCUT2D eigenvalue weighted by atomic mass is 10.2. The number of nitrogens with one attached hydrogen (secondary N) is 1. The molecule has 0 atom stereocenters. The second kappa shape index (κ2) is 6.41. The normalized spacial score (nSPS) is 10.4. The summed E-state index contributed by atoms with van der Waals surface area (Å²) >= 11 is 15.5. The van der Waals surface area contributed by atoms with Gasteiger partial charge in [0.05, 0.1) is 15.7 Å². The molecule has 0 aliphatic carbocycles. The molecule has 0 fully saturated rings. The minimum Gasteiger partial charge on any atom is -0.383 e. The molecule has 0 spiro atoms. The molecule has 0 unspecified atom stereocenters. The zero-order valence-corrected chi connectivity index (χ0v) is 12.6. The molecule has 94 valence electrons. The van der Waals surface area contributed by atoms with Crippen molar-refractivity contribution in [2.75, 3.05) is 11.9 Å². The summed E-state index contributed by atoms with van der Waals surface area (Å²) in [6.45, 7) is 0.793. The van der Waals surface area contributed by atoms with Crippen molar-refractivity contribution in [1.29, 1.82) is 0 Å². The highest BCUT2D eigenvalue weighted by Crippen LogP contribution is 2.35. The maximum atomic E-state index is 6.15. The van der Waals surface area contributed by atoms with E-state index in [1.165, 1.54) is 5.56 Å². The Kier molecular flexibility index (Phi) is 4.87. The number of rotatable bonds is 4. The first-order valence-corrected chi connectivity index (χ1v) is 6.99. The number of hydrogen-bond acceptors (Lipinski definition) is 2. The first-order valence-electron chi connectivity index (χ1n) is 5.45. The van der Waals surface area contributed by atoms with E-state index < -0.39 is 0 Å². The van der Waals surface area contributed by atoms with Gasteiger partial charge in [0.25, 0.3) is 0 Å². The Morgan fingerprint density at radius 2 is 1.78 bits per heavy atom. The van der Waals surface area contributed by atoms with E-state index in [1.807, 2.05) is 24.3 Å². The minimum atomic E-state index is 0.533. The van der Waals surface area contributed by atoms with Crippen molar-refractivity contribution < 1.29 is 0 Å². The quantitative estimate of drug-likeness (QED) is 0.804. The van der Waals surface area contributed by atoms with Crippen molar-refractivity contribution in [3.05, 3.63) is 56.7 Å². The maximum Gasteiger partial charge on any atom is 0.0835 e. The molecule has 0 saturated heterocycles. The molecule has 2 aromatic rings. The molecule has 0 amide bonds. The molecule has 2 nitrogen and oxygen atoms in total. The van der Waals surface area contributed by atoms with Crippen molar-refractivity contribution in [2.24, 2.45) is 0 Å². The van der Waals surface area contributed by atoms with Gasteiger partial charge in [-0.1, -0.05) is 23.2 Å². The Hall–Kier alpha value is -0.770. The molecular weight excluding hydrogens is 335 g/mol. The standard InChI is InChI=1S/C13H11BrCl2N2/c14-10-1-2-11(13(16)12(10)15)18-8-5-9-3-6-17-7-4-9/h1-4,6-7,18H,5,8H2. The molecule has 18 heavy (non-hydrogen) atoms. The molecule has 0 radical (unpaired) electrons. The summed E-state index contributed by atoms with van der Waals surface area (Å²) in [5.41, 5.74) is 2.08. The van der Waals surface area contributed by atoms with Gasteiger partial charge in [0.15, 0.2) is 0 Å². The van der Waals surface area contributed by atoms with E-state index >= 15 is 0 Å². The van der Waals surface area contributed by atoms with Crippen molar-refractivity contribution in [2.45, 2.75) is 6.42 Å². The molecule has 1 heterocycles. The summed E-state index contributed by atoms with van der Waals surface area (Å²) in [4.78, 5) is 3.98. The van der Waals surface area contributed by atoms with Gasteiger partial charge in [0.2, 0.25) is 0 Å². The second-order valence-corrected chi connectivity index (χ2v) is 5.37. The van der Waals surface area contributed by atoms with Crippen LogP contribution in [0, 0.1) is 0 Å². The van der Waals surface area contributed by atoms with Crippen LogP contribution < -0.4 is 5.32 Å². The minimum absolute atomic E-state index is 0.533. The van der Waals surface area contributed by atoms with Crippen LogP contribution in [0.2, 0.25) is 10.0 Å². The van der Waals surface area contributed by atoms with Gasteiger partial charge in [-0.15, -0.1) is 0 Å². The van der Waals surface area contributed by atoms with Gasteiger partial charge in [0.1, 0.15) is 0 Å². The summed E-state index contributed by atoms with van der Waals surface area (Å²) in [6.07, 6.45) is 4.49. The van der Waals surface area contributed by atoms with E-state index in [-0.39, 0.29) is 0 Å². The molecule has 0 aliphatic rings. The average Bonchev–Trinajstić information content (AvgIpc) is 2.40. The van der Waals surface area contributed by atoms with Gasteiger partial charge in [-0.25, -0.2) is 0 Å². The van der Waals surface area contributed by atoms with E-state index in [0.717, 1.165) is 23.1 Å². The van der Waals surface area contributed by atoms with Crippen LogP contribution in [-0.2, 0) is 6.42 Å². The summed E-state index contributed by atoms with van der Waals surface area (Å²) < 4.78 is 0.800. The summed E-state index contributed by atoms with van der Waals surface area (Å²) in [5.74, 6) is 0. The third kappa shape index (κ3) is 3.37. The number of halogens is 3. The summed E-state index contributed by atoms with van der Waals surface area (Å²) in [6, 6.07) is 7.78. The van der Waals surface area contributed by atoms with Crippen molar-refractivity contribution in [1.82, 2.24) is 4.98 Å². The van der Waals surface area contributed by atoms with Gasteiger partial charge < -0.3 is 5.32 Å². The average molecular weight is 346 g/mol. The van der Waals surface area contributed by atoms with Gasteiger partial charge in [-0.2, -0.15) is 0 Å². The highest BCUT2D eigenvalue weighted by molar-refractivity contribution is 9.10. The molecule has 1 N–H and O–H groups in total. The van der Waals surface area contributed by atoms with Crippen molar-refractivity contribution in [3.8, 4) is 0 Å². The van der Waals surface area contributed by atoms with Crippen LogP contribution in [0.15, 0.2) is 41.1 Å². The lowest BCUT2D eigenvalue weighted by Gasteiger charge is -2.10. The molecule has 1 aromatic carbocycles. The number of anilines is 1. The Balaban J connectivity index is 1.97. The predicted octanol–water partition coefficient (Wildman–Crippen LogP) is 4.81. The van der Waals surface area contributed by atoms with Crippen LogP contribution in [-0.4, -0.2) is 11.5 Å². The molecule has 1 aromatic heterocycles. The van der Waals surface area contributed by atoms with Crippen LogP contribution in [0.5, 0.6) is 0 Å². The van der Waals surface area contributed by atoms with E-state index in [4.69, 9.17) is 23.2 Å². The van der Waals surface area contributed by atoms with Crippen LogP contribution in [0.1, 0.15) is 5.56 Å². The summed E-state index contributed by atoms with van der Waals surface area (Å²) in [7, 11) is 0. The highest BCUT2D eigenvalue weighted by atomic mass is 79.9. The van der Waals surface area contributed by atoms with Gasteiger partial charge >= 0.3 is 0 Å². The van der Waals surface area contributed by atoms with E-state index in [1.54, 1.807) is 12.4 Å². The molecule has 2 rings (SSSR count). The largest absolute Gasteiger partial charge is 0.383 e. The molecule has 0 bridgehead atoms. The van der Waals surface area contributed by atoms with E-state index in [2.05, 4.69) is 26.2 Å². The second-order valence-electron chi connectivity index (χ2n) is 3.76. The Bertz CT molecular complexity index is 532. The molecule has 5 heteroatoms. The van der Waals surface area contributed by atoms with Crippen LogP contribution in [0.25, 0.3) is 0 Å². The van der Waals surface area contributed by atoms with Gasteiger partial charge in [-0.3, -0.25) is 4.98 Å². The lowest BCUT2D eigenvalue weighted by Crippen LogP contribution is -2.05. The fraction of sp³-hybridized carbons (Fsp3) is 0.154. The number of nitrogens with zero attached hydrogens (tertiary/aromatic N) is 1. The highest BCUT2D eigenvalue weighted by Gasteiger charge is 2.07. The summed E-state index contributed by atoms with van der Waals surface area (Å²) in [5, 5.41) is 4.35. The Morgan fingerprint density at radius 1 is 1.06 bits per heavy atom. The van der Waals surface area contributed by atoms with Gasteiger partial charge in [-0.05, 0) is 52.2 Å². The van der Waals surface area contributed by atoms with Crippen molar-refractivity contribution >= 4 is 44.8 Å². The number of benzene rings is 1. The van der Waals surface area contributed by atoms with Crippen LogP contribution >= 0.6 is 39.1 Å². The maximum absolute atomic E-state index is 6.15. The van der Waals surface area contributed by atoms with Crippen LogP contribution in [0.3, 0.4) is 0 Å². The number of hydrogen-bond donors (Lipinski definition) is 1. The van der Waals surface area contributed by atoms with E-state index in [0.29, 0.717) is 10.0 Å². The SMILES string of the molecule is Clc1c(Br)ccc(NCCc2ccncc2)c1Cl. The topological polar surface area (TPSA) is 24.9 Å². The third-order valence-electron chi connectivity index (χ3n) is 2.51. The Labute approximate surface area is 124 Å². The lowest BCUT2D eigenvalue weighted by molar-refractivity contribution is 1.01. The monoisotopic (exact) mass is 344 g/mol. The Morgan fingerprint density at radius 3 is 2.50 bits per heavy atom. The van der Waals surface area contributed by atoms with Gasteiger partial charge in [0, 0.05) is 23.4 Å². The number of pyridine rings is 1. The molecule has 0 aliphatic heterocycles. The third-order valence-corrected chi connectivity index (χ3v) is 4.28. The predicted molar refractivity (Wildman–Crippen MR) is 80.6 cm³/mol. The molecular formula is C13H11BrCl2N2. The number of aromatic nitrogens is 1. The fourth-order valence-corrected chi connectivity index (χ4v) is 2.39. The van der Waals surface area contributed by atoms with Crippen molar-refractivity contribution in [3.63, 3.8) is 0 Å². The smallest absolute Gasteiger partial charge is 0.0835 e. The fourth-order valence-electron chi connectivity index (χ4n) is 1.55. The first kappa shape index (κ1) is 13.7. The van der Waals surface area contributed by atoms with Crippen LogP contribution in [0.4, 0.5) is 5.69 Å². The molecule has 0 saturated carbocycles.